The number of nitrogens with zero attached hydrogens (tertiary/aromatic N) is 1. The Morgan fingerprint density at radius 2 is 1.27 bits per heavy atom. The number of piperidine rings is 1. The third-order valence-corrected chi connectivity index (χ3v) is 9.32. The lowest BCUT2D eigenvalue weighted by Crippen LogP contribution is -2.38. The highest BCUT2D eigenvalue weighted by atomic mass is 31.2. The summed E-state index contributed by atoms with van der Waals surface area (Å²) in [4.78, 5) is 51.1. The molecule has 5 aromatic rings. The first-order chi connectivity index (χ1) is 19.8. The van der Waals surface area contributed by atoms with E-state index in [2.05, 4.69) is 12.1 Å². The van der Waals surface area contributed by atoms with Gasteiger partial charge in [0.1, 0.15) is 5.66 Å². The third kappa shape index (κ3) is 5.34. The Morgan fingerprint density at radius 3 is 1.93 bits per heavy atom. The van der Waals surface area contributed by atoms with Crippen LogP contribution in [-0.4, -0.2) is 39.5 Å². The van der Waals surface area contributed by atoms with Crippen molar-refractivity contribution in [3.63, 3.8) is 0 Å². The summed E-state index contributed by atoms with van der Waals surface area (Å²) in [5.41, 5.74) is -0.0479. The fraction of sp³-hybridized carbons (Fsp3) is 0.176. The third-order valence-electron chi connectivity index (χ3n) is 8.14. The lowest BCUT2D eigenvalue weighted by atomic mass is 9.88. The molecule has 1 heterocycles. The van der Waals surface area contributed by atoms with Gasteiger partial charge in [-0.05, 0) is 63.6 Å². The first kappa shape index (κ1) is 27.1. The second kappa shape index (κ2) is 11.1. The Bertz CT molecular complexity index is 1800. The summed E-state index contributed by atoms with van der Waals surface area (Å²) in [5.74, 6) is -0.709. The smallest absolute Gasteiger partial charge is 0.339 e. The Kier molecular flexibility index (Phi) is 7.31. The zero-order chi connectivity index (χ0) is 28.6. The Morgan fingerprint density at radius 1 is 0.707 bits per heavy atom. The van der Waals surface area contributed by atoms with Crippen LogP contribution < -0.4 is 0 Å². The molecule has 1 atom stereocenters. The maximum atomic E-state index is 14.3. The molecule has 41 heavy (non-hydrogen) atoms. The maximum absolute atomic E-state index is 14.3. The van der Waals surface area contributed by atoms with Crippen LogP contribution in [0.15, 0.2) is 109 Å². The van der Waals surface area contributed by atoms with E-state index < -0.39 is 19.0 Å². The van der Waals surface area contributed by atoms with Gasteiger partial charge >= 0.3 is 7.60 Å². The van der Waals surface area contributed by atoms with Crippen molar-refractivity contribution >= 4 is 40.8 Å². The molecule has 2 N–H and O–H groups in total. The van der Waals surface area contributed by atoms with Crippen molar-refractivity contribution in [3.05, 3.63) is 131 Å². The Balaban J connectivity index is 1.41. The van der Waals surface area contributed by atoms with Crippen LogP contribution in [0.2, 0.25) is 0 Å². The van der Waals surface area contributed by atoms with Gasteiger partial charge in [-0.1, -0.05) is 97.1 Å². The van der Waals surface area contributed by atoms with Gasteiger partial charge in [-0.3, -0.25) is 14.2 Å². The molecule has 1 saturated heterocycles. The molecule has 0 spiro atoms. The lowest BCUT2D eigenvalue weighted by Gasteiger charge is -2.33. The number of Topliss-reactive ketones (excluding diaryl/α,β-unsaturated/α-hetero) is 1. The minimum atomic E-state index is -4.98. The molecule has 7 heteroatoms. The van der Waals surface area contributed by atoms with E-state index in [4.69, 9.17) is 0 Å². The van der Waals surface area contributed by atoms with E-state index in [-0.39, 0.29) is 22.6 Å². The number of amides is 1. The predicted molar refractivity (Wildman–Crippen MR) is 161 cm³/mol. The van der Waals surface area contributed by atoms with E-state index in [1.165, 1.54) is 5.56 Å². The van der Waals surface area contributed by atoms with Gasteiger partial charge in [0.2, 0.25) is 0 Å². The van der Waals surface area contributed by atoms with Gasteiger partial charge in [0, 0.05) is 18.7 Å². The first-order valence-corrected chi connectivity index (χ1v) is 15.4. The second-order valence-corrected chi connectivity index (χ2v) is 12.3. The van der Waals surface area contributed by atoms with Crippen molar-refractivity contribution in [2.75, 3.05) is 13.1 Å². The van der Waals surface area contributed by atoms with Crippen molar-refractivity contribution in [1.29, 1.82) is 0 Å². The summed E-state index contributed by atoms with van der Waals surface area (Å²) in [6.45, 7) is 1.06. The average molecular weight is 564 g/mol. The van der Waals surface area contributed by atoms with Gasteiger partial charge in [-0.2, -0.15) is 0 Å². The summed E-state index contributed by atoms with van der Waals surface area (Å²) < 4.78 is 13.0. The minimum absolute atomic E-state index is 0.0279. The number of fused-ring (bicyclic) bond motifs is 2. The van der Waals surface area contributed by atoms with E-state index in [0.29, 0.717) is 24.4 Å². The van der Waals surface area contributed by atoms with Crippen LogP contribution in [0, 0.1) is 0 Å². The van der Waals surface area contributed by atoms with E-state index in [1.54, 1.807) is 41.3 Å². The summed E-state index contributed by atoms with van der Waals surface area (Å²) in [5, 5.41) is 2.86. The average Bonchev–Trinajstić information content (AvgIpc) is 3.00. The monoisotopic (exact) mass is 563 g/mol. The number of ketones is 1. The van der Waals surface area contributed by atoms with Crippen molar-refractivity contribution < 1.29 is 23.9 Å². The summed E-state index contributed by atoms with van der Waals surface area (Å²) in [6, 6.07) is 33.2. The van der Waals surface area contributed by atoms with Gasteiger partial charge < -0.3 is 14.7 Å². The normalized spacial score (nSPS) is 15.2. The number of carbonyl (C=O) groups excluding carboxylic acids is 2. The fourth-order valence-corrected chi connectivity index (χ4v) is 7.08. The zero-order valence-corrected chi connectivity index (χ0v) is 23.3. The molecule has 5 aromatic carbocycles. The van der Waals surface area contributed by atoms with E-state index in [0.717, 1.165) is 29.0 Å². The van der Waals surface area contributed by atoms with Gasteiger partial charge in [-0.15, -0.1) is 0 Å². The maximum Gasteiger partial charge on any atom is 0.340 e. The summed E-state index contributed by atoms with van der Waals surface area (Å²) in [7, 11) is -4.98. The molecular formula is C34H30NO5P. The molecule has 1 fully saturated rings. The molecule has 1 aliphatic heterocycles. The molecule has 1 aliphatic rings. The van der Waals surface area contributed by atoms with Crippen LogP contribution in [0.3, 0.4) is 0 Å². The largest absolute Gasteiger partial charge is 0.340 e. The van der Waals surface area contributed by atoms with Crippen LogP contribution in [0.25, 0.3) is 21.5 Å². The van der Waals surface area contributed by atoms with Crippen LogP contribution in [-0.2, 0) is 4.57 Å². The lowest BCUT2D eigenvalue weighted by molar-refractivity contribution is 0.0708. The topological polar surface area (TPSA) is 94.9 Å². The van der Waals surface area contributed by atoms with Crippen LogP contribution in [0.5, 0.6) is 0 Å². The second-order valence-electron chi connectivity index (χ2n) is 10.6. The number of hydrogen-bond acceptors (Lipinski definition) is 3. The van der Waals surface area contributed by atoms with Gasteiger partial charge in [0.05, 0.1) is 5.56 Å². The number of likely N-dealkylation sites (tertiary alicyclic amines) is 1. The highest BCUT2D eigenvalue weighted by Crippen LogP contribution is 2.55. The van der Waals surface area contributed by atoms with Crippen LogP contribution >= 0.6 is 7.60 Å². The first-order valence-electron chi connectivity index (χ1n) is 13.8. The minimum Gasteiger partial charge on any atom is -0.339 e. The number of benzene rings is 5. The predicted octanol–water partition coefficient (Wildman–Crippen LogP) is 7.11. The molecule has 0 radical (unpaired) electrons. The molecule has 0 bridgehead atoms. The van der Waals surface area contributed by atoms with Crippen molar-refractivity contribution in [2.45, 2.75) is 24.4 Å². The molecule has 1 amide bonds. The van der Waals surface area contributed by atoms with E-state index in [1.807, 2.05) is 60.7 Å². The summed E-state index contributed by atoms with van der Waals surface area (Å²) in [6.07, 6.45) is 1.60. The van der Waals surface area contributed by atoms with Gasteiger partial charge in [0.15, 0.2) is 5.78 Å². The molecule has 6 nitrogen and oxygen atoms in total. The molecule has 0 saturated carbocycles. The molecule has 6 rings (SSSR count). The fourth-order valence-electron chi connectivity index (χ4n) is 6.04. The molecule has 206 valence electrons. The number of carbonyl (C=O) groups is 2. The Labute approximate surface area is 238 Å². The van der Waals surface area contributed by atoms with E-state index in [9.17, 15) is 23.9 Å². The van der Waals surface area contributed by atoms with Crippen molar-refractivity contribution in [2.24, 2.45) is 0 Å². The van der Waals surface area contributed by atoms with Crippen molar-refractivity contribution in [3.8, 4) is 0 Å². The molecule has 1 unspecified atom stereocenters. The quantitative estimate of drug-likeness (QED) is 0.170. The Hall–Kier alpha value is -4.09. The highest BCUT2D eigenvalue weighted by molar-refractivity contribution is 7.53. The summed E-state index contributed by atoms with van der Waals surface area (Å²) >= 11 is 0. The van der Waals surface area contributed by atoms with E-state index >= 15 is 0 Å². The number of rotatable bonds is 6. The van der Waals surface area contributed by atoms with Gasteiger partial charge in [-0.25, -0.2) is 0 Å². The van der Waals surface area contributed by atoms with Crippen molar-refractivity contribution in [1.82, 2.24) is 4.90 Å². The molecule has 0 aliphatic carbocycles. The van der Waals surface area contributed by atoms with Gasteiger partial charge in [0.25, 0.3) is 5.91 Å². The van der Waals surface area contributed by atoms with Crippen LogP contribution in [0.4, 0.5) is 0 Å². The van der Waals surface area contributed by atoms with Crippen LogP contribution in [0.1, 0.15) is 56.3 Å². The standard InChI is InChI=1S/C34H30NO5P/c36-32(33(41(38,39)40)29-16-8-14-25-11-6-7-15-28(25)29)30-21-26-12-4-5-13-27(26)22-31(30)34(37)35-19-17-24(18-20-35)23-9-2-1-3-10-23/h1-16,21-22,24,33H,17-20H2,(H2,38,39,40). The zero-order valence-electron chi connectivity index (χ0n) is 22.4. The SMILES string of the molecule is O=C(c1cc2ccccc2cc1C(=O)N1CCC(c2ccccc2)CC1)C(c1cccc2ccccc12)P(=O)(O)O. The molecular weight excluding hydrogens is 533 g/mol. The molecule has 0 aromatic heterocycles. The highest BCUT2D eigenvalue weighted by Gasteiger charge is 2.40. The number of hydrogen-bond donors (Lipinski definition) is 2.